The number of hydrogen-bond donors (Lipinski definition) is 0. The molecule has 14 heavy (non-hydrogen) atoms. The van der Waals surface area contributed by atoms with Gasteiger partial charge in [-0.2, -0.15) is 0 Å². The van der Waals surface area contributed by atoms with Gasteiger partial charge in [-0.15, -0.1) is 0 Å². The summed E-state index contributed by atoms with van der Waals surface area (Å²) >= 11 is 0. The Kier molecular flexibility index (Phi) is 4.38. The predicted octanol–water partition coefficient (Wildman–Crippen LogP) is 1.99. The first-order valence-electron chi connectivity index (χ1n) is 5.53. The molecule has 1 saturated carbocycles. The molecular formula is C10H21NO2S. The molecule has 1 aliphatic carbocycles. The van der Waals surface area contributed by atoms with Crippen molar-refractivity contribution < 1.29 is 8.42 Å². The highest BCUT2D eigenvalue weighted by atomic mass is 32.2. The molecule has 0 atom stereocenters. The Morgan fingerprint density at radius 1 is 1.21 bits per heavy atom. The Bertz CT molecular complexity index is 255. The lowest BCUT2D eigenvalue weighted by molar-refractivity contribution is 0.286. The summed E-state index contributed by atoms with van der Waals surface area (Å²) in [5.41, 5.74) is 0. The highest BCUT2D eigenvalue weighted by Gasteiger charge is 2.26. The van der Waals surface area contributed by atoms with E-state index in [0.717, 1.165) is 12.8 Å². The number of rotatable bonds is 4. The van der Waals surface area contributed by atoms with E-state index in [-0.39, 0.29) is 6.04 Å². The van der Waals surface area contributed by atoms with Gasteiger partial charge in [0.05, 0.1) is 5.75 Å². The first-order chi connectivity index (χ1) is 6.58. The molecule has 0 heterocycles. The summed E-state index contributed by atoms with van der Waals surface area (Å²) in [6.45, 7) is 1.91. The normalized spacial score (nSPS) is 20.2. The molecule has 1 rings (SSSR count). The van der Waals surface area contributed by atoms with Crippen molar-refractivity contribution in [3.8, 4) is 0 Å². The summed E-state index contributed by atoms with van der Waals surface area (Å²) in [7, 11) is -1.24. The highest BCUT2D eigenvalue weighted by Crippen LogP contribution is 2.23. The van der Waals surface area contributed by atoms with Gasteiger partial charge in [0.15, 0.2) is 0 Å². The zero-order valence-electron chi connectivity index (χ0n) is 9.20. The maximum absolute atomic E-state index is 11.8. The van der Waals surface area contributed by atoms with E-state index >= 15 is 0 Å². The van der Waals surface area contributed by atoms with Crippen LogP contribution in [0.15, 0.2) is 0 Å². The molecule has 4 heteroatoms. The molecule has 0 radical (unpaired) electrons. The molecule has 0 aliphatic heterocycles. The van der Waals surface area contributed by atoms with Crippen LogP contribution >= 0.6 is 0 Å². The van der Waals surface area contributed by atoms with Gasteiger partial charge in [-0.3, -0.25) is 0 Å². The minimum atomic E-state index is -2.98. The Morgan fingerprint density at radius 2 is 1.79 bits per heavy atom. The molecule has 1 fully saturated rings. The summed E-state index contributed by atoms with van der Waals surface area (Å²) in [6.07, 6.45) is 6.41. The van der Waals surface area contributed by atoms with Crippen molar-refractivity contribution in [3.63, 3.8) is 0 Å². The van der Waals surface area contributed by atoms with Crippen molar-refractivity contribution in [1.82, 2.24) is 4.31 Å². The zero-order valence-corrected chi connectivity index (χ0v) is 10.0. The molecule has 3 nitrogen and oxygen atoms in total. The Morgan fingerprint density at radius 3 is 2.29 bits per heavy atom. The van der Waals surface area contributed by atoms with Gasteiger partial charge >= 0.3 is 0 Å². The average Bonchev–Trinajstić information content (AvgIpc) is 2.18. The van der Waals surface area contributed by atoms with Gasteiger partial charge in [0, 0.05) is 13.1 Å². The fraction of sp³-hybridized carbons (Fsp3) is 1.00. The number of sulfonamides is 1. The third-order valence-electron chi connectivity index (χ3n) is 2.99. The van der Waals surface area contributed by atoms with Crippen molar-refractivity contribution in [2.45, 2.75) is 51.5 Å². The SMILES string of the molecule is CCCS(=O)(=O)N(C)C1CCCCC1. The van der Waals surface area contributed by atoms with E-state index in [9.17, 15) is 8.42 Å². The molecule has 0 aromatic rings. The van der Waals surface area contributed by atoms with Crippen molar-refractivity contribution in [3.05, 3.63) is 0 Å². The van der Waals surface area contributed by atoms with Crippen LogP contribution in [0.25, 0.3) is 0 Å². The van der Waals surface area contributed by atoms with Crippen LogP contribution in [0.3, 0.4) is 0 Å². The van der Waals surface area contributed by atoms with Crippen molar-refractivity contribution in [2.75, 3.05) is 12.8 Å². The number of hydrogen-bond acceptors (Lipinski definition) is 2. The summed E-state index contributed by atoms with van der Waals surface area (Å²) in [5.74, 6) is 0.292. The fourth-order valence-corrected chi connectivity index (χ4v) is 3.54. The van der Waals surface area contributed by atoms with Gasteiger partial charge in [-0.25, -0.2) is 12.7 Å². The van der Waals surface area contributed by atoms with Crippen LogP contribution in [0.4, 0.5) is 0 Å². The summed E-state index contributed by atoms with van der Waals surface area (Å²) in [6, 6.07) is 0.264. The van der Waals surface area contributed by atoms with Gasteiger partial charge in [0.25, 0.3) is 0 Å². The molecule has 0 amide bonds. The van der Waals surface area contributed by atoms with E-state index in [1.54, 1.807) is 11.4 Å². The Hall–Kier alpha value is -0.0900. The Labute approximate surface area is 87.5 Å². The van der Waals surface area contributed by atoms with Crippen molar-refractivity contribution in [2.24, 2.45) is 0 Å². The van der Waals surface area contributed by atoms with Gasteiger partial charge in [-0.05, 0) is 19.3 Å². The van der Waals surface area contributed by atoms with Gasteiger partial charge in [0.2, 0.25) is 10.0 Å². The maximum atomic E-state index is 11.8. The van der Waals surface area contributed by atoms with Crippen LogP contribution in [-0.2, 0) is 10.0 Å². The second kappa shape index (κ2) is 5.12. The largest absolute Gasteiger partial charge is 0.214 e. The summed E-state index contributed by atoms with van der Waals surface area (Å²) in [4.78, 5) is 0. The average molecular weight is 219 g/mol. The second-order valence-electron chi connectivity index (χ2n) is 4.12. The number of nitrogens with zero attached hydrogens (tertiary/aromatic N) is 1. The highest BCUT2D eigenvalue weighted by molar-refractivity contribution is 7.89. The first kappa shape index (κ1) is 12.0. The van der Waals surface area contributed by atoms with Crippen LogP contribution in [0.2, 0.25) is 0 Å². The monoisotopic (exact) mass is 219 g/mol. The molecule has 0 aromatic carbocycles. The standard InChI is InChI=1S/C10H21NO2S/c1-3-9-14(12,13)11(2)10-7-5-4-6-8-10/h10H,3-9H2,1-2H3. The maximum Gasteiger partial charge on any atom is 0.214 e. The molecule has 1 aliphatic rings. The fourth-order valence-electron chi connectivity index (χ4n) is 2.07. The quantitative estimate of drug-likeness (QED) is 0.725. The predicted molar refractivity (Wildman–Crippen MR) is 58.7 cm³/mol. The molecule has 0 aromatic heterocycles. The molecule has 0 N–H and O–H groups in total. The minimum Gasteiger partial charge on any atom is -0.212 e. The van der Waals surface area contributed by atoms with Gasteiger partial charge in [-0.1, -0.05) is 26.2 Å². The van der Waals surface area contributed by atoms with Crippen LogP contribution in [0, 0.1) is 0 Å². The van der Waals surface area contributed by atoms with Gasteiger partial charge in [0.1, 0.15) is 0 Å². The topological polar surface area (TPSA) is 37.4 Å². The molecule has 0 unspecified atom stereocenters. The third kappa shape index (κ3) is 2.95. The molecular weight excluding hydrogens is 198 g/mol. The van der Waals surface area contributed by atoms with E-state index in [4.69, 9.17) is 0 Å². The van der Waals surface area contributed by atoms with Crippen LogP contribution in [-0.4, -0.2) is 31.6 Å². The minimum absolute atomic E-state index is 0.264. The molecule has 0 saturated heterocycles. The van der Waals surface area contributed by atoms with Gasteiger partial charge < -0.3 is 0 Å². The zero-order chi connectivity index (χ0) is 10.6. The molecule has 0 spiro atoms. The summed E-state index contributed by atoms with van der Waals surface area (Å²) in [5, 5.41) is 0. The van der Waals surface area contributed by atoms with E-state index in [1.165, 1.54) is 19.3 Å². The van der Waals surface area contributed by atoms with E-state index < -0.39 is 10.0 Å². The lowest BCUT2D eigenvalue weighted by atomic mass is 9.96. The van der Waals surface area contributed by atoms with Crippen LogP contribution in [0.5, 0.6) is 0 Å². The second-order valence-corrected chi connectivity index (χ2v) is 6.27. The molecule has 0 bridgehead atoms. The lowest BCUT2D eigenvalue weighted by Crippen LogP contribution is -2.39. The lowest BCUT2D eigenvalue weighted by Gasteiger charge is -2.30. The third-order valence-corrected chi connectivity index (χ3v) is 5.09. The smallest absolute Gasteiger partial charge is 0.212 e. The van der Waals surface area contributed by atoms with Crippen molar-refractivity contribution in [1.29, 1.82) is 0 Å². The first-order valence-corrected chi connectivity index (χ1v) is 7.14. The van der Waals surface area contributed by atoms with Crippen LogP contribution in [0.1, 0.15) is 45.4 Å². The van der Waals surface area contributed by atoms with E-state index in [1.807, 2.05) is 6.92 Å². The molecule has 84 valence electrons. The van der Waals surface area contributed by atoms with E-state index in [2.05, 4.69) is 0 Å². The Balaban J connectivity index is 2.58. The van der Waals surface area contributed by atoms with Crippen LogP contribution < -0.4 is 0 Å². The van der Waals surface area contributed by atoms with E-state index in [0.29, 0.717) is 12.2 Å². The summed E-state index contributed by atoms with van der Waals surface area (Å²) < 4.78 is 25.1. The van der Waals surface area contributed by atoms with Crippen molar-refractivity contribution >= 4 is 10.0 Å².